The Balaban J connectivity index is 2.26. The molecule has 0 aromatic carbocycles. The van der Waals surface area contributed by atoms with Gasteiger partial charge < -0.3 is 10.0 Å². The first-order valence-electron chi connectivity index (χ1n) is 2.51. The van der Waals surface area contributed by atoms with Gasteiger partial charge in [-0.2, -0.15) is 0 Å². The molecule has 0 aromatic heterocycles. The number of aliphatic hydroxyl groups excluding tert-OH is 1. The number of rotatable bonds is 0. The molecule has 1 N–H and O–H groups in total. The van der Waals surface area contributed by atoms with Crippen LogP contribution in [0.25, 0.3) is 0 Å². The van der Waals surface area contributed by atoms with Crippen LogP contribution in [-0.2, 0) is 0 Å². The Morgan fingerprint density at radius 2 is 2.43 bits per heavy atom. The molecule has 0 aromatic rings. The molecule has 1 fully saturated rings. The van der Waals surface area contributed by atoms with Crippen molar-refractivity contribution in [3.05, 3.63) is 6.10 Å². The summed E-state index contributed by atoms with van der Waals surface area (Å²) in [5.41, 5.74) is 0. The van der Waals surface area contributed by atoms with Crippen molar-refractivity contribution in [2.24, 2.45) is 0 Å². The second-order valence-corrected chi connectivity index (χ2v) is 2.05. The Kier molecular flexibility index (Phi) is 1.30. The van der Waals surface area contributed by atoms with Gasteiger partial charge in [0.1, 0.15) is 6.10 Å². The molecular weight excluding hydrogens is 90.1 g/mol. The zero-order chi connectivity index (χ0) is 5.28. The van der Waals surface area contributed by atoms with Crippen molar-refractivity contribution >= 4 is 0 Å². The van der Waals surface area contributed by atoms with E-state index in [1.165, 1.54) is 0 Å². The minimum atomic E-state index is 0.627. The Morgan fingerprint density at radius 1 is 1.71 bits per heavy atom. The summed E-state index contributed by atoms with van der Waals surface area (Å²) in [6, 6.07) is 0. The zero-order valence-electron chi connectivity index (χ0n) is 4.52. The van der Waals surface area contributed by atoms with Crippen LogP contribution in [0.1, 0.15) is 6.42 Å². The van der Waals surface area contributed by atoms with Gasteiger partial charge in [0, 0.05) is 13.1 Å². The highest BCUT2D eigenvalue weighted by atomic mass is 16.3. The van der Waals surface area contributed by atoms with E-state index in [0.717, 1.165) is 19.5 Å². The molecule has 0 bridgehead atoms. The monoisotopic (exact) mass is 100 g/mol. The molecule has 0 amide bonds. The van der Waals surface area contributed by atoms with E-state index >= 15 is 0 Å². The van der Waals surface area contributed by atoms with Crippen LogP contribution in [0.3, 0.4) is 0 Å². The number of hydrogen-bond acceptors (Lipinski definition) is 2. The van der Waals surface area contributed by atoms with Crippen molar-refractivity contribution in [3.8, 4) is 0 Å². The van der Waals surface area contributed by atoms with Crippen molar-refractivity contribution in [1.82, 2.24) is 4.90 Å². The fourth-order valence-corrected chi connectivity index (χ4v) is 0.790. The number of aliphatic hydroxyl groups is 1. The third-order valence-corrected chi connectivity index (χ3v) is 1.23. The second kappa shape index (κ2) is 1.80. The molecule has 1 heterocycles. The Hall–Kier alpha value is -0.0800. The molecule has 1 aliphatic rings. The predicted molar refractivity (Wildman–Crippen MR) is 27.3 cm³/mol. The lowest BCUT2D eigenvalue weighted by atomic mass is 10.3. The first-order chi connectivity index (χ1) is 3.29. The van der Waals surface area contributed by atoms with Crippen molar-refractivity contribution in [2.45, 2.75) is 6.42 Å². The largest absolute Gasteiger partial charge is 0.385 e. The fraction of sp³-hybridized carbons (Fsp3) is 0.800. The molecule has 0 spiro atoms. The van der Waals surface area contributed by atoms with Crippen LogP contribution < -0.4 is 0 Å². The van der Waals surface area contributed by atoms with Gasteiger partial charge in [-0.25, -0.2) is 0 Å². The van der Waals surface area contributed by atoms with E-state index in [2.05, 4.69) is 4.90 Å². The molecule has 1 aliphatic heterocycles. The summed E-state index contributed by atoms with van der Waals surface area (Å²) in [5.74, 6) is 0. The fourth-order valence-electron chi connectivity index (χ4n) is 0.790. The molecule has 1 radical (unpaired) electrons. The summed E-state index contributed by atoms with van der Waals surface area (Å²) >= 11 is 0. The normalized spacial score (nSPS) is 26.6. The summed E-state index contributed by atoms with van der Waals surface area (Å²) in [5, 5.41) is 8.77. The van der Waals surface area contributed by atoms with Gasteiger partial charge in [0.25, 0.3) is 0 Å². The maximum atomic E-state index is 8.77. The first-order valence-corrected chi connectivity index (χ1v) is 2.51. The minimum Gasteiger partial charge on any atom is -0.385 e. The maximum absolute atomic E-state index is 8.77. The van der Waals surface area contributed by atoms with E-state index in [1.807, 2.05) is 7.05 Å². The van der Waals surface area contributed by atoms with Gasteiger partial charge in [0.2, 0.25) is 0 Å². The lowest BCUT2D eigenvalue weighted by molar-refractivity contribution is 0.288. The van der Waals surface area contributed by atoms with Crippen LogP contribution in [0.2, 0.25) is 0 Å². The Labute approximate surface area is 43.7 Å². The topological polar surface area (TPSA) is 23.5 Å². The summed E-state index contributed by atoms with van der Waals surface area (Å²) in [7, 11) is 2.00. The zero-order valence-corrected chi connectivity index (χ0v) is 4.52. The van der Waals surface area contributed by atoms with Crippen molar-refractivity contribution < 1.29 is 5.11 Å². The van der Waals surface area contributed by atoms with Crippen LogP contribution in [0.4, 0.5) is 0 Å². The summed E-state index contributed by atoms with van der Waals surface area (Å²) in [6.45, 7) is 1.80. The highest BCUT2D eigenvalue weighted by molar-refractivity contribution is 4.86. The first kappa shape index (κ1) is 5.06. The Bertz CT molecular complexity index is 57.1. The Morgan fingerprint density at radius 3 is 2.57 bits per heavy atom. The standard InChI is InChI=1S/C5H10NO/c1-6-3-2-5(7)4-6/h7H,2-4H2,1H3. The van der Waals surface area contributed by atoms with Crippen LogP contribution >= 0.6 is 0 Å². The highest BCUT2D eigenvalue weighted by Crippen LogP contribution is 2.11. The predicted octanol–water partition coefficient (Wildman–Crippen LogP) is 0.226. The van der Waals surface area contributed by atoms with Gasteiger partial charge in [-0.3, -0.25) is 0 Å². The molecule has 2 nitrogen and oxygen atoms in total. The average Bonchev–Trinajstić information content (AvgIpc) is 1.87. The van der Waals surface area contributed by atoms with Gasteiger partial charge in [0.15, 0.2) is 0 Å². The lowest BCUT2D eigenvalue weighted by Gasteiger charge is -2.02. The molecule has 1 saturated heterocycles. The van der Waals surface area contributed by atoms with Gasteiger partial charge in [-0.1, -0.05) is 0 Å². The number of likely N-dealkylation sites (N-methyl/N-ethyl adjacent to an activating group) is 1. The van der Waals surface area contributed by atoms with Crippen LogP contribution in [0.15, 0.2) is 0 Å². The summed E-state index contributed by atoms with van der Waals surface area (Å²) in [4.78, 5) is 2.09. The molecule has 41 valence electrons. The number of hydrogen-bond donors (Lipinski definition) is 1. The van der Waals surface area contributed by atoms with Gasteiger partial charge in [-0.05, 0) is 13.5 Å². The van der Waals surface area contributed by atoms with Gasteiger partial charge in [0.05, 0.1) is 0 Å². The van der Waals surface area contributed by atoms with Crippen molar-refractivity contribution in [1.29, 1.82) is 0 Å². The molecule has 0 saturated carbocycles. The van der Waals surface area contributed by atoms with E-state index in [4.69, 9.17) is 5.11 Å². The van der Waals surface area contributed by atoms with E-state index in [9.17, 15) is 0 Å². The van der Waals surface area contributed by atoms with E-state index < -0.39 is 0 Å². The molecule has 2 heteroatoms. The molecule has 1 rings (SSSR count). The summed E-state index contributed by atoms with van der Waals surface area (Å²) in [6.07, 6.45) is 1.50. The highest BCUT2D eigenvalue weighted by Gasteiger charge is 2.16. The number of nitrogens with zero attached hydrogens (tertiary/aromatic N) is 1. The third kappa shape index (κ3) is 1.14. The van der Waals surface area contributed by atoms with E-state index in [-0.39, 0.29) is 0 Å². The third-order valence-electron chi connectivity index (χ3n) is 1.23. The molecule has 7 heavy (non-hydrogen) atoms. The summed E-state index contributed by atoms with van der Waals surface area (Å²) < 4.78 is 0. The van der Waals surface area contributed by atoms with E-state index in [0.29, 0.717) is 6.10 Å². The maximum Gasteiger partial charge on any atom is 0.108 e. The van der Waals surface area contributed by atoms with Crippen molar-refractivity contribution in [3.63, 3.8) is 0 Å². The van der Waals surface area contributed by atoms with Gasteiger partial charge in [-0.15, -0.1) is 0 Å². The minimum absolute atomic E-state index is 0.627. The molecule has 0 unspecified atom stereocenters. The quantitative estimate of drug-likeness (QED) is 0.471. The lowest BCUT2D eigenvalue weighted by Crippen LogP contribution is -2.12. The molecular formula is C5H10NO. The number of likely N-dealkylation sites (tertiary alicyclic amines) is 1. The smallest absolute Gasteiger partial charge is 0.108 e. The van der Waals surface area contributed by atoms with Crippen LogP contribution in [0, 0.1) is 6.10 Å². The SMILES string of the molecule is CN1CC[C](O)C1. The van der Waals surface area contributed by atoms with Crippen molar-refractivity contribution in [2.75, 3.05) is 20.1 Å². The van der Waals surface area contributed by atoms with Crippen LogP contribution in [0.5, 0.6) is 0 Å². The molecule has 0 aliphatic carbocycles. The van der Waals surface area contributed by atoms with Gasteiger partial charge >= 0.3 is 0 Å². The average molecular weight is 100 g/mol. The second-order valence-electron chi connectivity index (χ2n) is 2.05. The molecule has 0 atom stereocenters. The van der Waals surface area contributed by atoms with E-state index in [1.54, 1.807) is 0 Å². The van der Waals surface area contributed by atoms with Crippen LogP contribution in [-0.4, -0.2) is 30.1 Å².